The fraction of sp³-hybridized carbons (Fsp3) is 0.615. The summed E-state index contributed by atoms with van der Waals surface area (Å²) in [6.07, 6.45) is -3.73. The van der Waals surface area contributed by atoms with Gasteiger partial charge in [-0.3, -0.25) is 20.0 Å². The molecule has 1 aromatic rings. The molecule has 0 saturated carbocycles. The monoisotopic (exact) mass is 329 g/mol. The Bertz CT molecular complexity index is 645. The highest BCUT2D eigenvalue weighted by Gasteiger charge is 2.47. The Kier molecular flexibility index (Phi) is 4.71. The SMILES string of the molecule is CC(C)(C[C@@H]1O[C@H](n2ccc(NO)nc2=O)[C@@H](O)[C@H]1O)C(=O)O. The molecule has 23 heavy (non-hydrogen) atoms. The van der Waals surface area contributed by atoms with Crippen molar-refractivity contribution >= 4 is 11.8 Å². The van der Waals surface area contributed by atoms with Crippen molar-refractivity contribution in [1.82, 2.24) is 9.55 Å². The summed E-state index contributed by atoms with van der Waals surface area (Å²) in [5.41, 5.74) is -0.264. The second-order valence-corrected chi connectivity index (χ2v) is 6.05. The zero-order chi connectivity index (χ0) is 17.4. The van der Waals surface area contributed by atoms with Crippen molar-refractivity contribution in [2.45, 2.75) is 44.8 Å². The van der Waals surface area contributed by atoms with Gasteiger partial charge >= 0.3 is 11.7 Å². The molecule has 128 valence electrons. The number of carboxylic acids is 1. The molecule has 10 heteroatoms. The summed E-state index contributed by atoms with van der Waals surface area (Å²) in [6, 6.07) is 1.28. The lowest BCUT2D eigenvalue weighted by Gasteiger charge is -2.24. The number of aliphatic hydroxyl groups is 2. The number of aliphatic carboxylic acids is 1. The maximum Gasteiger partial charge on any atom is 0.351 e. The van der Waals surface area contributed by atoms with Gasteiger partial charge in [-0.25, -0.2) is 4.79 Å². The maximum absolute atomic E-state index is 11.9. The highest BCUT2D eigenvalue weighted by molar-refractivity contribution is 5.73. The van der Waals surface area contributed by atoms with Gasteiger partial charge in [0.05, 0.1) is 11.5 Å². The highest BCUT2D eigenvalue weighted by atomic mass is 16.6. The molecule has 0 radical (unpaired) electrons. The average Bonchev–Trinajstić information content (AvgIpc) is 2.75. The van der Waals surface area contributed by atoms with Gasteiger partial charge in [0.2, 0.25) is 0 Å². The minimum atomic E-state index is -1.42. The number of hydrogen-bond donors (Lipinski definition) is 5. The largest absolute Gasteiger partial charge is 0.481 e. The number of anilines is 1. The number of rotatable bonds is 5. The first-order valence-electron chi connectivity index (χ1n) is 6.91. The zero-order valence-electron chi connectivity index (χ0n) is 12.6. The third kappa shape index (κ3) is 3.34. The fourth-order valence-electron chi connectivity index (χ4n) is 2.39. The molecule has 1 aliphatic heterocycles. The number of nitrogens with one attached hydrogen (secondary N) is 1. The van der Waals surface area contributed by atoms with Gasteiger partial charge in [0.25, 0.3) is 0 Å². The first-order valence-corrected chi connectivity index (χ1v) is 6.91. The molecule has 0 unspecified atom stereocenters. The molecule has 0 spiro atoms. The van der Waals surface area contributed by atoms with Gasteiger partial charge in [0.15, 0.2) is 12.0 Å². The van der Waals surface area contributed by atoms with Crippen LogP contribution in [0.1, 0.15) is 26.5 Å². The lowest BCUT2D eigenvalue weighted by Crippen LogP contribution is -2.37. The van der Waals surface area contributed by atoms with Crippen LogP contribution in [0.4, 0.5) is 5.82 Å². The van der Waals surface area contributed by atoms with Gasteiger partial charge in [-0.05, 0) is 26.3 Å². The second kappa shape index (κ2) is 6.24. The third-order valence-electron chi connectivity index (χ3n) is 3.85. The summed E-state index contributed by atoms with van der Waals surface area (Å²) < 4.78 is 6.45. The molecule has 4 atom stereocenters. The zero-order valence-corrected chi connectivity index (χ0v) is 12.6. The summed E-state index contributed by atoms with van der Waals surface area (Å²) in [5, 5.41) is 38.0. The third-order valence-corrected chi connectivity index (χ3v) is 3.85. The normalized spacial score (nSPS) is 27.9. The molecular formula is C13H19N3O7. The molecule has 0 bridgehead atoms. The molecule has 2 rings (SSSR count). The Hall–Kier alpha value is -2.01. The summed E-state index contributed by atoms with van der Waals surface area (Å²) in [4.78, 5) is 26.6. The molecule has 5 N–H and O–H groups in total. The van der Waals surface area contributed by atoms with E-state index in [2.05, 4.69) is 4.98 Å². The summed E-state index contributed by atoms with van der Waals surface area (Å²) >= 11 is 0. The van der Waals surface area contributed by atoms with Crippen LogP contribution in [0, 0.1) is 5.41 Å². The van der Waals surface area contributed by atoms with Crippen molar-refractivity contribution in [3.05, 3.63) is 22.7 Å². The number of carboxylic acid groups (broad SMARTS) is 1. The minimum absolute atomic E-state index is 0.0461. The van der Waals surface area contributed by atoms with Crippen molar-refractivity contribution < 1.29 is 30.1 Å². The Morgan fingerprint density at radius 1 is 1.43 bits per heavy atom. The van der Waals surface area contributed by atoms with E-state index in [4.69, 9.17) is 15.1 Å². The Balaban J connectivity index is 2.23. The van der Waals surface area contributed by atoms with Gasteiger partial charge in [-0.2, -0.15) is 4.98 Å². The number of nitrogens with zero attached hydrogens (tertiary/aromatic N) is 2. The van der Waals surface area contributed by atoms with Crippen molar-refractivity contribution in [1.29, 1.82) is 0 Å². The quantitative estimate of drug-likeness (QED) is 0.435. The van der Waals surface area contributed by atoms with Crippen LogP contribution in [-0.4, -0.2) is 54.4 Å². The molecule has 1 aromatic heterocycles. The van der Waals surface area contributed by atoms with Crippen molar-refractivity contribution in [3.63, 3.8) is 0 Å². The van der Waals surface area contributed by atoms with Gasteiger partial charge in [0.1, 0.15) is 12.2 Å². The lowest BCUT2D eigenvalue weighted by atomic mass is 9.85. The maximum atomic E-state index is 11.9. The fourth-order valence-corrected chi connectivity index (χ4v) is 2.39. The van der Waals surface area contributed by atoms with Gasteiger partial charge in [0, 0.05) is 6.20 Å². The van der Waals surface area contributed by atoms with Crippen LogP contribution in [0.15, 0.2) is 17.1 Å². The molecule has 2 heterocycles. The molecule has 0 aromatic carbocycles. The predicted octanol–water partition coefficient (Wildman–Crippen LogP) is -0.835. The van der Waals surface area contributed by atoms with Crippen LogP contribution < -0.4 is 11.2 Å². The van der Waals surface area contributed by atoms with Crippen LogP contribution in [-0.2, 0) is 9.53 Å². The van der Waals surface area contributed by atoms with E-state index in [9.17, 15) is 19.8 Å². The first-order chi connectivity index (χ1) is 10.7. The number of aromatic nitrogens is 2. The predicted molar refractivity (Wildman–Crippen MR) is 75.9 cm³/mol. The van der Waals surface area contributed by atoms with E-state index in [1.54, 1.807) is 5.48 Å². The van der Waals surface area contributed by atoms with Crippen LogP contribution >= 0.6 is 0 Å². The summed E-state index contributed by atoms with van der Waals surface area (Å²) in [5.74, 6) is -1.15. The second-order valence-electron chi connectivity index (χ2n) is 6.05. The average molecular weight is 329 g/mol. The minimum Gasteiger partial charge on any atom is -0.481 e. The Morgan fingerprint density at radius 3 is 2.61 bits per heavy atom. The van der Waals surface area contributed by atoms with Crippen molar-refractivity contribution in [3.8, 4) is 0 Å². The van der Waals surface area contributed by atoms with Crippen LogP contribution in [0.3, 0.4) is 0 Å². The smallest absolute Gasteiger partial charge is 0.351 e. The van der Waals surface area contributed by atoms with Crippen LogP contribution in [0.25, 0.3) is 0 Å². The Morgan fingerprint density at radius 2 is 2.09 bits per heavy atom. The number of aliphatic hydroxyl groups excluding tert-OH is 2. The van der Waals surface area contributed by atoms with Crippen LogP contribution in [0.5, 0.6) is 0 Å². The first kappa shape index (κ1) is 17.3. The van der Waals surface area contributed by atoms with E-state index in [1.165, 1.54) is 26.1 Å². The number of hydrogen-bond acceptors (Lipinski definition) is 8. The Labute approximate surface area is 130 Å². The molecular weight excluding hydrogens is 310 g/mol. The van der Waals surface area contributed by atoms with E-state index in [0.29, 0.717) is 0 Å². The molecule has 1 aliphatic rings. The molecule has 1 fully saturated rings. The van der Waals surface area contributed by atoms with Gasteiger partial charge in [-0.15, -0.1) is 0 Å². The number of ether oxygens (including phenoxy) is 1. The van der Waals surface area contributed by atoms with E-state index in [0.717, 1.165) is 4.57 Å². The molecule has 0 aliphatic carbocycles. The van der Waals surface area contributed by atoms with E-state index in [1.807, 2.05) is 0 Å². The van der Waals surface area contributed by atoms with Gasteiger partial charge < -0.3 is 20.1 Å². The van der Waals surface area contributed by atoms with Crippen molar-refractivity contribution in [2.24, 2.45) is 5.41 Å². The van der Waals surface area contributed by atoms with Crippen LogP contribution in [0.2, 0.25) is 0 Å². The number of carbonyl (C=O) groups is 1. The summed E-state index contributed by atoms with van der Waals surface area (Å²) in [7, 11) is 0. The molecule has 0 amide bonds. The van der Waals surface area contributed by atoms with E-state index < -0.39 is 41.6 Å². The topological polar surface area (TPSA) is 154 Å². The standard InChI is InChI=1S/C13H19N3O7/c1-13(2,11(19)20)5-6-8(17)9(18)10(23-6)16-4-3-7(15-22)14-12(16)21/h3-4,6,8-10,17-18,22H,5H2,1-2H3,(H,19,20)(H,14,15,21)/t6-,8-,9-,10-/m0/s1. The van der Waals surface area contributed by atoms with E-state index >= 15 is 0 Å². The molecule has 1 saturated heterocycles. The van der Waals surface area contributed by atoms with Gasteiger partial charge in [-0.1, -0.05) is 0 Å². The lowest BCUT2D eigenvalue weighted by molar-refractivity contribution is -0.150. The highest BCUT2D eigenvalue weighted by Crippen LogP contribution is 2.35. The molecule has 10 nitrogen and oxygen atoms in total. The summed E-state index contributed by atoms with van der Waals surface area (Å²) in [6.45, 7) is 2.95. The van der Waals surface area contributed by atoms with E-state index in [-0.39, 0.29) is 12.2 Å². The van der Waals surface area contributed by atoms with Crippen molar-refractivity contribution in [2.75, 3.05) is 5.48 Å².